The molecule has 3 unspecified atom stereocenters. The molecule has 37 heavy (non-hydrogen) atoms. The zero-order chi connectivity index (χ0) is 26.4. The number of carbonyl (C=O) groups is 4. The minimum atomic E-state index is -1.06. The molecule has 1 aromatic heterocycles. The summed E-state index contributed by atoms with van der Waals surface area (Å²) in [5.74, 6) is -2.57. The number of benzene rings is 2. The summed E-state index contributed by atoms with van der Waals surface area (Å²) >= 11 is 0. The summed E-state index contributed by atoms with van der Waals surface area (Å²) in [5.41, 5.74) is 8.76. The molecule has 1 aliphatic heterocycles. The molecule has 3 aromatic rings. The lowest BCUT2D eigenvalue weighted by Crippen LogP contribution is -2.54. The number of nitrogens with one attached hydrogen (secondary N) is 3. The first kappa shape index (κ1) is 25.9. The van der Waals surface area contributed by atoms with E-state index in [0.29, 0.717) is 25.8 Å². The third kappa shape index (κ3) is 6.34. The van der Waals surface area contributed by atoms with E-state index in [2.05, 4.69) is 15.6 Å². The number of H-pyrrole nitrogens is 1. The zero-order valence-electron chi connectivity index (χ0n) is 20.4. The quantitative estimate of drug-likeness (QED) is 0.276. The first-order valence-electron chi connectivity index (χ1n) is 12.3. The number of nitrogens with zero attached hydrogens (tertiary/aromatic N) is 1. The Labute approximate surface area is 214 Å². The van der Waals surface area contributed by atoms with E-state index in [1.807, 2.05) is 54.6 Å². The van der Waals surface area contributed by atoms with E-state index in [1.54, 1.807) is 6.20 Å². The summed E-state index contributed by atoms with van der Waals surface area (Å²) in [5, 5.41) is 15.6. The second kappa shape index (κ2) is 11.7. The van der Waals surface area contributed by atoms with Crippen molar-refractivity contribution in [2.75, 3.05) is 13.1 Å². The Kier molecular flexibility index (Phi) is 8.19. The third-order valence-corrected chi connectivity index (χ3v) is 6.64. The Morgan fingerprint density at radius 3 is 2.51 bits per heavy atom. The van der Waals surface area contributed by atoms with Gasteiger partial charge in [0.15, 0.2) is 0 Å². The fourth-order valence-electron chi connectivity index (χ4n) is 4.68. The Morgan fingerprint density at radius 2 is 1.76 bits per heavy atom. The zero-order valence-corrected chi connectivity index (χ0v) is 20.4. The summed E-state index contributed by atoms with van der Waals surface area (Å²) in [7, 11) is 0. The second-order valence-electron chi connectivity index (χ2n) is 9.22. The fraction of sp³-hybridized carbons (Fsp3) is 0.333. The lowest BCUT2D eigenvalue weighted by Gasteiger charge is -2.23. The minimum absolute atomic E-state index is 0.176. The van der Waals surface area contributed by atoms with Gasteiger partial charge in [0.25, 0.3) is 0 Å². The van der Waals surface area contributed by atoms with E-state index in [1.165, 1.54) is 4.90 Å². The molecule has 6 N–H and O–H groups in total. The van der Waals surface area contributed by atoms with Crippen molar-refractivity contribution in [3.05, 3.63) is 71.9 Å². The number of aliphatic carboxylic acids is 1. The third-order valence-electron chi connectivity index (χ3n) is 6.64. The van der Waals surface area contributed by atoms with Crippen LogP contribution >= 0.6 is 0 Å². The van der Waals surface area contributed by atoms with Crippen LogP contribution < -0.4 is 16.4 Å². The van der Waals surface area contributed by atoms with Crippen molar-refractivity contribution in [2.24, 2.45) is 5.73 Å². The first-order chi connectivity index (χ1) is 17.8. The molecule has 2 heterocycles. The molecular formula is C27H31N5O5. The van der Waals surface area contributed by atoms with Gasteiger partial charge in [0, 0.05) is 30.1 Å². The average molecular weight is 506 g/mol. The van der Waals surface area contributed by atoms with Crippen LogP contribution in [0, 0.1) is 0 Å². The normalized spacial score (nSPS) is 16.8. The highest BCUT2D eigenvalue weighted by molar-refractivity contribution is 5.93. The molecular weight excluding hydrogens is 474 g/mol. The van der Waals surface area contributed by atoms with Gasteiger partial charge in [-0.15, -0.1) is 0 Å². The smallest absolute Gasteiger partial charge is 0.326 e. The van der Waals surface area contributed by atoms with Crippen molar-refractivity contribution in [1.82, 2.24) is 20.5 Å². The number of hydrogen-bond acceptors (Lipinski definition) is 5. The number of carboxylic acid groups (broad SMARTS) is 1. The number of carbonyl (C=O) groups excluding carboxylic acids is 3. The summed E-state index contributed by atoms with van der Waals surface area (Å²) < 4.78 is 0. The van der Waals surface area contributed by atoms with Gasteiger partial charge in [-0.1, -0.05) is 48.5 Å². The summed E-state index contributed by atoms with van der Waals surface area (Å²) in [6.07, 6.45) is 3.24. The maximum absolute atomic E-state index is 13.2. The predicted molar refractivity (Wildman–Crippen MR) is 137 cm³/mol. The van der Waals surface area contributed by atoms with Gasteiger partial charge >= 0.3 is 5.97 Å². The highest BCUT2D eigenvalue weighted by Crippen LogP contribution is 2.20. The molecule has 0 saturated carbocycles. The number of hydrogen-bond donors (Lipinski definition) is 5. The SMILES string of the molecule is NC(Cc1ccccc1)C(=O)NC(Cc1c[nH]c2ccccc12)C(=O)NCC(=O)N1CCCC1C(=O)O. The number of aromatic amines is 1. The second-order valence-corrected chi connectivity index (χ2v) is 9.22. The maximum atomic E-state index is 13.2. The van der Waals surface area contributed by atoms with Gasteiger partial charge in [0.1, 0.15) is 12.1 Å². The Morgan fingerprint density at radius 1 is 1.03 bits per heavy atom. The van der Waals surface area contributed by atoms with E-state index in [4.69, 9.17) is 5.73 Å². The van der Waals surface area contributed by atoms with E-state index >= 15 is 0 Å². The molecule has 3 atom stereocenters. The lowest BCUT2D eigenvalue weighted by atomic mass is 10.0. The number of likely N-dealkylation sites (tertiary alicyclic amines) is 1. The highest BCUT2D eigenvalue weighted by Gasteiger charge is 2.34. The number of rotatable bonds is 10. The van der Waals surface area contributed by atoms with Gasteiger partial charge in [-0.2, -0.15) is 0 Å². The first-order valence-corrected chi connectivity index (χ1v) is 12.3. The monoisotopic (exact) mass is 505 g/mol. The van der Waals surface area contributed by atoms with Crippen LogP contribution in [0.1, 0.15) is 24.0 Å². The molecule has 4 rings (SSSR count). The largest absolute Gasteiger partial charge is 0.480 e. The van der Waals surface area contributed by atoms with Crippen LogP contribution in [0.3, 0.4) is 0 Å². The van der Waals surface area contributed by atoms with Crippen LogP contribution in [-0.4, -0.2) is 69.9 Å². The molecule has 10 nitrogen and oxygen atoms in total. The van der Waals surface area contributed by atoms with E-state index < -0.39 is 41.8 Å². The number of nitrogens with two attached hydrogens (primary N) is 1. The van der Waals surface area contributed by atoms with Gasteiger partial charge in [-0.3, -0.25) is 14.4 Å². The van der Waals surface area contributed by atoms with E-state index in [-0.39, 0.29) is 13.0 Å². The molecule has 1 aliphatic rings. The Bertz CT molecular complexity index is 1270. The molecule has 0 spiro atoms. The van der Waals surface area contributed by atoms with Crippen LogP contribution in [0.25, 0.3) is 10.9 Å². The Hall–Kier alpha value is -4.18. The van der Waals surface area contributed by atoms with Crippen molar-refractivity contribution in [2.45, 2.75) is 43.8 Å². The van der Waals surface area contributed by atoms with Crippen molar-refractivity contribution in [3.8, 4) is 0 Å². The highest BCUT2D eigenvalue weighted by atomic mass is 16.4. The lowest BCUT2D eigenvalue weighted by molar-refractivity contribution is -0.148. The topological polar surface area (TPSA) is 158 Å². The van der Waals surface area contributed by atoms with Crippen molar-refractivity contribution in [1.29, 1.82) is 0 Å². The summed E-state index contributed by atoms with van der Waals surface area (Å²) in [6, 6.07) is 14.2. The van der Waals surface area contributed by atoms with E-state index in [0.717, 1.165) is 22.0 Å². The molecule has 3 amide bonds. The number of carboxylic acids is 1. The molecule has 0 bridgehead atoms. The molecule has 0 radical (unpaired) electrons. The number of amides is 3. The van der Waals surface area contributed by atoms with Crippen LogP contribution in [0.2, 0.25) is 0 Å². The molecule has 1 fully saturated rings. The van der Waals surface area contributed by atoms with Crippen molar-refractivity contribution >= 4 is 34.6 Å². The number of aromatic nitrogens is 1. The molecule has 2 aromatic carbocycles. The average Bonchev–Trinajstić information content (AvgIpc) is 3.55. The van der Waals surface area contributed by atoms with Crippen molar-refractivity contribution < 1.29 is 24.3 Å². The maximum Gasteiger partial charge on any atom is 0.326 e. The van der Waals surface area contributed by atoms with Gasteiger partial charge in [-0.25, -0.2) is 4.79 Å². The van der Waals surface area contributed by atoms with Crippen LogP contribution in [0.15, 0.2) is 60.8 Å². The van der Waals surface area contributed by atoms with Crippen LogP contribution in [0.5, 0.6) is 0 Å². The van der Waals surface area contributed by atoms with Crippen LogP contribution in [0.4, 0.5) is 0 Å². The van der Waals surface area contributed by atoms with Gasteiger partial charge < -0.3 is 31.4 Å². The number of para-hydroxylation sites is 1. The summed E-state index contributed by atoms with van der Waals surface area (Å²) in [6.45, 7) is -0.0333. The van der Waals surface area contributed by atoms with Gasteiger partial charge in [0.05, 0.1) is 12.6 Å². The van der Waals surface area contributed by atoms with Gasteiger partial charge in [-0.05, 0) is 36.5 Å². The summed E-state index contributed by atoms with van der Waals surface area (Å²) in [4.78, 5) is 54.6. The van der Waals surface area contributed by atoms with E-state index in [9.17, 15) is 24.3 Å². The molecule has 10 heteroatoms. The predicted octanol–water partition coefficient (Wildman–Crippen LogP) is 0.957. The van der Waals surface area contributed by atoms with Crippen LogP contribution in [-0.2, 0) is 32.0 Å². The Balaban J connectivity index is 1.45. The molecule has 194 valence electrons. The molecule has 0 aliphatic carbocycles. The van der Waals surface area contributed by atoms with Crippen molar-refractivity contribution in [3.63, 3.8) is 0 Å². The van der Waals surface area contributed by atoms with Gasteiger partial charge in [0.2, 0.25) is 17.7 Å². The standard InChI is InChI=1S/C27H31N5O5/c28-20(13-17-7-2-1-3-8-17)25(34)31-22(14-18-15-29-21-10-5-4-9-19(18)21)26(35)30-16-24(33)32-12-6-11-23(32)27(36)37/h1-5,7-10,15,20,22-23,29H,6,11-14,16,28H2,(H,30,35)(H,31,34)(H,36,37). The molecule has 1 saturated heterocycles. The minimum Gasteiger partial charge on any atom is -0.480 e. The fourth-order valence-corrected chi connectivity index (χ4v) is 4.68. The number of fused-ring (bicyclic) bond motifs is 1.